The molecule has 8 nitrogen and oxygen atoms in total. The summed E-state index contributed by atoms with van der Waals surface area (Å²) in [5.74, 6) is -1.08. The van der Waals surface area contributed by atoms with E-state index in [4.69, 9.17) is 0 Å². The zero-order valence-electron chi connectivity index (χ0n) is 13.5. The van der Waals surface area contributed by atoms with Crippen molar-refractivity contribution in [1.82, 2.24) is 10.9 Å². The second-order valence-electron chi connectivity index (χ2n) is 5.14. The largest absolute Gasteiger partial charge is 0.416 e. The minimum atomic E-state index is -4.70. The van der Waals surface area contributed by atoms with Crippen molar-refractivity contribution in [1.29, 1.82) is 0 Å². The summed E-state index contributed by atoms with van der Waals surface area (Å²) >= 11 is 1.19. The van der Waals surface area contributed by atoms with E-state index in [0.29, 0.717) is 17.0 Å². The first-order valence-electron chi connectivity index (χ1n) is 7.40. The monoisotopic (exact) mass is 402 g/mol. The van der Waals surface area contributed by atoms with Crippen LogP contribution in [0.25, 0.3) is 0 Å². The van der Waals surface area contributed by atoms with E-state index in [1.165, 1.54) is 11.3 Å². The first-order valence-corrected chi connectivity index (χ1v) is 8.28. The first-order chi connectivity index (χ1) is 12.7. The lowest BCUT2D eigenvalue weighted by Gasteiger charge is -2.11. The van der Waals surface area contributed by atoms with Gasteiger partial charge in [0.1, 0.15) is 5.69 Å². The zero-order chi connectivity index (χ0) is 20.0. The van der Waals surface area contributed by atoms with E-state index in [1.54, 1.807) is 17.5 Å². The molecule has 0 bridgehead atoms. The molecule has 0 atom stereocenters. The van der Waals surface area contributed by atoms with Crippen LogP contribution < -0.4 is 16.2 Å². The fraction of sp³-hybridized carbons (Fsp3) is 0.200. The average Bonchev–Trinajstić information content (AvgIpc) is 3.13. The molecule has 2 rings (SSSR count). The highest BCUT2D eigenvalue weighted by Crippen LogP contribution is 2.34. The van der Waals surface area contributed by atoms with Gasteiger partial charge in [0.05, 0.1) is 15.4 Å². The number of hydrazine groups is 1. The van der Waals surface area contributed by atoms with Gasteiger partial charge in [-0.2, -0.15) is 13.2 Å². The highest BCUT2D eigenvalue weighted by molar-refractivity contribution is 7.12. The average molecular weight is 402 g/mol. The van der Waals surface area contributed by atoms with E-state index >= 15 is 0 Å². The molecular formula is C15H13F3N4O4S. The third-order valence-electron chi connectivity index (χ3n) is 3.25. The maximum atomic E-state index is 12.6. The lowest BCUT2D eigenvalue weighted by molar-refractivity contribution is -0.384. The molecule has 1 heterocycles. The number of nitro groups is 1. The number of hydrogen-bond donors (Lipinski definition) is 3. The molecule has 27 heavy (non-hydrogen) atoms. The molecule has 0 fully saturated rings. The van der Waals surface area contributed by atoms with Crippen LogP contribution >= 0.6 is 11.3 Å². The molecule has 144 valence electrons. The second kappa shape index (κ2) is 8.49. The van der Waals surface area contributed by atoms with Gasteiger partial charge in [0.15, 0.2) is 0 Å². The molecule has 0 spiro atoms. The number of halogens is 3. The fourth-order valence-corrected chi connectivity index (χ4v) is 2.60. The van der Waals surface area contributed by atoms with Crippen molar-refractivity contribution in [2.24, 2.45) is 0 Å². The van der Waals surface area contributed by atoms with Crippen molar-refractivity contribution >= 4 is 34.5 Å². The molecule has 2 amide bonds. The Morgan fingerprint density at radius 2 is 1.93 bits per heavy atom. The SMILES string of the molecule is O=C(CCNc1ccc(C(F)(F)F)cc1[N+](=O)[O-])NNC(=O)c1cccs1. The number of carbonyl (C=O) groups is 2. The number of thiophene rings is 1. The molecule has 0 aliphatic heterocycles. The highest BCUT2D eigenvalue weighted by atomic mass is 32.1. The molecule has 3 N–H and O–H groups in total. The van der Waals surface area contributed by atoms with Crippen molar-refractivity contribution in [2.75, 3.05) is 11.9 Å². The van der Waals surface area contributed by atoms with Crippen molar-refractivity contribution < 1.29 is 27.7 Å². The van der Waals surface area contributed by atoms with Crippen LogP contribution in [-0.4, -0.2) is 23.3 Å². The van der Waals surface area contributed by atoms with Crippen LogP contribution in [0.3, 0.4) is 0 Å². The van der Waals surface area contributed by atoms with Crippen molar-refractivity contribution in [3.05, 3.63) is 56.3 Å². The Kier molecular flexibility index (Phi) is 6.34. The number of amides is 2. The van der Waals surface area contributed by atoms with E-state index in [9.17, 15) is 32.9 Å². The molecule has 12 heteroatoms. The second-order valence-corrected chi connectivity index (χ2v) is 6.09. The summed E-state index contributed by atoms with van der Waals surface area (Å²) < 4.78 is 37.9. The highest BCUT2D eigenvalue weighted by Gasteiger charge is 2.33. The third kappa shape index (κ3) is 5.67. The Morgan fingerprint density at radius 3 is 2.52 bits per heavy atom. The van der Waals surface area contributed by atoms with Gasteiger partial charge in [0.25, 0.3) is 11.6 Å². The van der Waals surface area contributed by atoms with Crippen LogP contribution in [0, 0.1) is 10.1 Å². The molecule has 1 aromatic carbocycles. The number of hydrogen-bond acceptors (Lipinski definition) is 6. The number of carbonyl (C=O) groups excluding carboxylic acids is 2. The molecule has 0 aliphatic rings. The van der Waals surface area contributed by atoms with Gasteiger partial charge in [0, 0.05) is 19.0 Å². The van der Waals surface area contributed by atoms with E-state index in [-0.39, 0.29) is 18.7 Å². The van der Waals surface area contributed by atoms with Crippen LogP contribution in [0.15, 0.2) is 35.7 Å². The Morgan fingerprint density at radius 1 is 1.19 bits per heavy atom. The van der Waals surface area contributed by atoms with E-state index in [1.807, 2.05) is 0 Å². The summed E-state index contributed by atoms with van der Waals surface area (Å²) in [5, 5.41) is 15.2. The van der Waals surface area contributed by atoms with Gasteiger partial charge in [-0.15, -0.1) is 11.3 Å². The number of benzene rings is 1. The number of rotatable bonds is 6. The van der Waals surface area contributed by atoms with Crippen molar-refractivity contribution in [3.8, 4) is 0 Å². The van der Waals surface area contributed by atoms with Gasteiger partial charge in [-0.1, -0.05) is 6.07 Å². The number of nitrogens with zero attached hydrogens (tertiary/aromatic N) is 1. The minimum absolute atomic E-state index is 0.0904. The number of anilines is 1. The Hall–Kier alpha value is -3.15. The van der Waals surface area contributed by atoms with Crippen molar-refractivity contribution in [2.45, 2.75) is 12.6 Å². The molecule has 1 aromatic heterocycles. The number of alkyl halides is 3. The lowest BCUT2D eigenvalue weighted by Crippen LogP contribution is -2.41. The molecule has 0 radical (unpaired) electrons. The maximum absolute atomic E-state index is 12.6. The number of nitrogens with one attached hydrogen (secondary N) is 3. The van der Waals surface area contributed by atoms with Crippen molar-refractivity contribution in [3.63, 3.8) is 0 Å². The molecule has 2 aromatic rings. The van der Waals surface area contributed by atoms with Crippen LogP contribution in [0.1, 0.15) is 21.7 Å². The minimum Gasteiger partial charge on any atom is -0.379 e. The van der Waals surface area contributed by atoms with Crippen LogP contribution in [0.5, 0.6) is 0 Å². The molecule has 0 saturated heterocycles. The van der Waals surface area contributed by atoms with Gasteiger partial charge < -0.3 is 5.32 Å². The van der Waals surface area contributed by atoms with Crippen LogP contribution in [0.2, 0.25) is 0 Å². The topological polar surface area (TPSA) is 113 Å². The van der Waals surface area contributed by atoms with Crippen LogP contribution in [-0.2, 0) is 11.0 Å². The van der Waals surface area contributed by atoms with Gasteiger partial charge in [-0.05, 0) is 23.6 Å². The summed E-state index contributed by atoms with van der Waals surface area (Å²) in [6, 6.07) is 5.29. The molecule has 0 saturated carbocycles. The van der Waals surface area contributed by atoms with Gasteiger partial charge in [-0.3, -0.25) is 30.6 Å². The number of nitro benzene ring substituents is 1. The summed E-state index contributed by atoms with van der Waals surface area (Å²) in [6.45, 7) is -0.0904. The van der Waals surface area contributed by atoms with E-state index < -0.39 is 34.2 Å². The van der Waals surface area contributed by atoms with Gasteiger partial charge in [0.2, 0.25) is 5.91 Å². The molecule has 0 aliphatic carbocycles. The Balaban J connectivity index is 1.88. The molecule has 0 unspecified atom stereocenters. The Labute approximate surface area is 154 Å². The predicted molar refractivity (Wildman–Crippen MR) is 91.1 cm³/mol. The fourth-order valence-electron chi connectivity index (χ4n) is 1.98. The normalized spacial score (nSPS) is 10.9. The maximum Gasteiger partial charge on any atom is 0.416 e. The summed E-state index contributed by atoms with van der Waals surface area (Å²) in [4.78, 5) is 33.7. The Bertz CT molecular complexity index is 840. The summed E-state index contributed by atoms with van der Waals surface area (Å²) in [6.07, 6.45) is -4.88. The standard InChI is InChI=1S/C15H13F3N4O4S/c16-15(17,18)9-3-4-10(11(8-9)22(25)26)19-6-5-13(23)20-21-14(24)12-2-1-7-27-12/h1-4,7-8,19H,5-6H2,(H,20,23)(H,21,24). The van der Waals surface area contributed by atoms with Gasteiger partial charge in [-0.25, -0.2) is 0 Å². The zero-order valence-corrected chi connectivity index (χ0v) is 14.3. The third-order valence-corrected chi connectivity index (χ3v) is 4.12. The van der Waals surface area contributed by atoms with E-state index in [2.05, 4.69) is 16.2 Å². The lowest BCUT2D eigenvalue weighted by atomic mass is 10.1. The molecular weight excluding hydrogens is 389 g/mol. The predicted octanol–water partition coefficient (Wildman–Crippen LogP) is 2.94. The summed E-state index contributed by atoms with van der Waals surface area (Å²) in [7, 11) is 0. The van der Waals surface area contributed by atoms with Crippen LogP contribution in [0.4, 0.5) is 24.5 Å². The van der Waals surface area contributed by atoms with Gasteiger partial charge >= 0.3 is 6.18 Å². The van der Waals surface area contributed by atoms with E-state index in [0.717, 1.165) is 6.07 Å². The quantitative estimate of drug-likeness (QED) is 0.508. The smallest absolute Gasteiger partial charge is 0.379 e. The summed E-state index contributed by atoms with van der Waals surface area (Å²) in [5.41, 5.74) is 2.32. The first kappa shape index (κ1) is 20.2.